The molecule has 1 spiro atoms. The summed E-state index contributed by atoms with van der Waals surface area (Å²) in [6, 6.07) is 7.96. The monoisotopic (exact) mass is 881 g/mol. The third-order valence-corrected chi connectivity index (χ3v) is 14.6. The van der Waals surface area contributed by atoms with Crippen molar-refractivity contribution in [3.63, 3.8) is 0 Å². The van der Waals surface area contributed by atoms with Crippen molar-refractivity contribution in [2.45, 2.75) is 95.1 Å². The molecule has 64 heavy (non-hydrogen) atoms. The Morgan fingerprint density at radius 3 is 2.41 bits per heavy atom. The van der Waals surface area contributed by atoms with Gasteiger partial charge in [-0.3, -0.25) is 24.5 Å². The van der Waals surface area contributed by atoms with Gasteiger partial charge in [0, 0.05) is 87.1 Å². The molecule has 15 nitrogen and oxygen atoms in total. The van der Waals surface area contributed by atoms with E-state index >= 15 is 8.78 Å². The smallest absolute Gasteiger partial charge is 0.274 e. The number of methoxy groups -OCH3 is 1. The SMILES string of the molecule is C/C=C1\C(=O)N(C)c2cnc(Nc3ccc(C(=O)NC4(CCO)CCC5(CC4)CN(CC4CN(c6cc(F)c(C7CCC(=O)NC7=O)c(F)c6)C4)C5)cc3OC)nc2N1C1CCCC1. The van der Waals surface area contributed by atoms with Gasteiger partial charge in [0.1, 0.15) is 28.8 Å². The van der Waals surface area contributed by atoms with Crippen LogP contribution in [0.5, 0.6) is 5.75 Å². The Morgan fingerprint density at radius 1 is 1.03 bits per heavy atom. The van der Waals surface area contributed by atoms with Crippen LogP contribution in [0, 0.1) is 23.0 Å². The molecule has 1 unspecified atom stereocenters. The summed E-state index contributed by atoms with van der Waals surface area (Å²) in [6.45, 7) is 5.95. The van der Waals surface area contributed by atoms with E-state index in [1.165, 1.54) is 12.1 Å². The summed E-state index contributed by atoms with van der Waals surface area (Å²) in [5, 5.41) is 18.9. The van der Waals surface area contributed by atoms with Crippen molar-refractivity contribution < 1.29 is 37.8 Å². The number of allylic oxidation sites excluding steroid dienone is 1. The van der Waals surface area contributed by atoms with Crippen molar-refractivity contribution in [3.05, 3.63) is 71.1 Å². The summed E-state index contributed by atoms with van der Waals surface area (Å²) in [5.74, 6) is -2.19. The summed E-state index contributed by atoms with van der Waals surface area (Å²) in [5.41, 5.74) is 2.02. The molecule has 3 saturated heterocycles. The lowest BCUT2D eigenvalue weighted by atomic mass is 9.62. The second kappa shape index (κ2) is 17.4. The van der Waals surface area contributed by atoms with Gasteiger partial charge in [0.25, 0.3) is 11.8 Å². The summed E-state index contributed by atoms with van der Waals surface area (Å²) in [6.07, 6.45) is 11.6. The molecule has 17 heteroatoms. The standard InChI is InChI=1S/C47H57F2N9O6/c1-4-36-44(63)55(2)37-22-50-45(53-41(37)58(36)30-7-5-6-8-30)51-35-11-9-29(19-38(35)64-3)42(61)54-47(17-18-59)15-13-46(14-16-47)26-56(27-46)23-28-24-57(25-28)31-20-33(48)40(34(49)21-31)32-10-12-39(60)52-43(32)62/h4,9,11,19-22,28,30,32,59H,5-8,10,12-18,23-27H2,1-3H3,(H,54,61)(H,50,51,53)(H,52,60,62)/b36-4+. The number of nitrogens with zero attached hydrogens (tertiary/aromatic N) is 6. The number of amides is 4. The molecule has 2 aliphatic carbocycles. The minimum atomic E-state index is -1.02. The van der Waals surface area contributed by atoms with E-state index in [9.17, 15) is 24.3 Å². The number of aliphatic hydroxyl groups excluding tert-OH is 1. The number of imide groups is 1. The first-order valence-corrected chi connectivity index (χ1v) is 22.6. The fourth-order valence-corrected chi connectivity index (χ4v) is 11.1. The molecular weight excluding hydrogens is 825 g/mol. The predicted octanol–water partition coefficient (Wildman–Crippen LogP) is 5.52. The largest absolute Gasteiger partial charge is 0.495 e. The quantitative estimate of drug-likeness (QED) is 0.133. The summed E-state index contributed by atoms with van der Waals surface area (Å²) in [7, 11) is 3.28. The summed E-state index contributed by atoms with van der Waals surface area (Å²) >= 11 is 0. The number of carbonyl (C=O) groups excluding carboxylic acids is 4. The van der Waals surface area contributed by atoms with E-state index in [1.54, 1.807) is 43.5 Å². The number of anilines is 5. The lowest BCUT2D eigenvalue weighted by Gasteiger charge is -2.57. The highest BCUT2D eigenvalue weighted by molar-refractivity contribution is 6.12. The number of halogens is 2. The van der Waals surface area contributed by atoms with E-state index in [2.05, 4.69) is 30.7 Å². The van der Waals surface area contributed by atoms with Crippen LogP contribution < -0.4 is 35.4 Å². The maximum atomic E-state index is 15.2. The van der Waals surface area contributed by atoms with Gasteiger partial charge in [-0.15, -0.1) is 0 Å². The fraction of sp³-hybridized carbons (Fsp3) is 0.532. The number of benzene rings is 2. The number of nitrogens with one attached hydrogen (secondary N) is 3. The molecule has 3 aromatic rings. The molecule has 0 radical (unpaired) electrons. The zero-order valence-corrected chi connectivity index (χ0v) is 36.7. The maximum Gasteiger partial charge on any atom is 0.274 e. The van der Waals surface area contributed by atoms with E-state index < -0.39 is 34.9 Å². The molecule has 0 bridgehead atoms. The normalized spacial score (nSPS) is 22.9. The molecular formula is C47H57F2N9O6. The predicted molar refractivity (Wildman–Crippen MR) is 237 cm³/mol. The Hall–Kier alpha value is -5.68. The molecule has 1 atom stereocenters. The maximum absolute atomic E-state index is 15.2. The van der Waals surface area contributed by atoms with E-state index in [4.69, 9.17) is 9.72 Å². The Morgan fingerprint density at radius 2 is 1.75 bits per heavy atom. The van der Waals surface area contributed by atoms with Gasteiger partial charge >= 0.3 is 0 Å². The molecule has 2 saturated carbocycles. The third kappa shape index (κ3) is 8.16. The van der Waals surface area contributed by atoms with Crippen LogP contribution in [0.2, 0.25) is 0 Å². The molecule has 4 N–H and O–H groups in total. The molecule has 1 aromatic heterocycles. The summed E-state index contributed by atoms with van der Waals surface area (Å²) in [4.78, 5) is 68.5. The van der Waals surface area contributed by atoms with Crippen molar-refractivity contribution >= 4 is 52.5 Å². The van der Waals surface area contributed by atoms with Gasteiger partial charge in [-0.05, 0) is 94.0 Å². The first-order chi connectivity index (χ1) is 30.8. The number of fused-ring (bicyclic) bond motifs is 1. The van der Waals surface area contributed by atoms with Crippen LogP contribution in [-0.2, 0) is 14.4 Å². The van der Waals surface area contributed by atoms with Crippen LogP contribution in [0.3, 0.4) is 0 Å². The van der Waals surface area contributed by atoms with Gasteiger partial charge in [0.2, 0.25) is 17.8 Å². The minimum Gasteiger partial charge on any atom is -0.495 e. The van der Waals surface area contributed by atoms with E-state index in [1.807, 2.05) is 17.9 Å². The number of ether oxygens (including phenoxy) is 1. The van der Waals surface area contributed by atoms with Crippen molar-refractivity contribution in [2.24, 2.45) is 11.3 Å². The zero-order valence-electron chi connectivity index (χ0n) is 36.7. The van der Waals surface area contributed by atoms with Crippen LogP contribution in [-0.4, -0.2) is 109 Å². The number of hydrogen-bond acceptors (Lipinski definition) is 12. The number of likely N-dealkylation sites (N-methyl/N-ethyl adjacent to an activating group) is 1. The van der Waals surface area contributed by atoms with Gasteiger partial charge in [0.05, 0.1) is 24.9 Å². The van der Waals surface area contributed by atoms with Crippen LogP contribution in [0.15, 0.2) is 48.3 Å². The van der Waals surface area contributed by atoms with Gasteiger partial charge < -0.3 is 40.1 Å². The molecule has 5 heterocycles. The lowest BCUT2D eigenvalue weighted by Crippen LogP contribution is -2.64. The Balaban J connectivity index is 0.785. The Kier molecular flexibility index (Phi) is 11.8. The van der Waals surface area contributed by atoms with Gasteiger partial charge in [-0.1, -0.05) is 18.9 Å². The Labute approximate surface area is 371 Å². The molecule has 2 aromatic carbocycles. The number of piperidine rings is 1. The summed E-state index contributed by atoms with van der Waals surface area (Å²) < 4.78 is 36.1. The molecule has 6 aliphatic rings. The van der Waals surface area contributed by atoms with E-state index in [0.717, 1.165) is 71.0 Å². The first kappa shape index (κ1) is 43.6. The van der Waals surface area contributed by atoms with Gasteiger partial charge in [0.15, 0.2) is 5.82 Å². The molecule has 4 aliphatic heterocycles. The van der Waals surface area contributed by atoms with Crippen LogP contribution in [0.25, 0.3) is 0 Å². The number of aliphatic hydroxyl groups is 1. The number of hydrogen-bond donors (Lipinski definition) is 4. The topological polar surface area (TPSA) is 173 Å². The number of carbonyl (C=O) groups is 4. The number of rotatable bonds is 12. The molecule has 9 rings (SSSR count). The molecule has 340 valence electrons. The third-order valence-electron chi connectivity index (χ3n) is 14.6. The zero-order chi connectivity index (χ0) is 44.9. The number of likely N-dealkylation sites (tertiary alicyclic amines) is 1. The lowest BCUT2D eigenvalue weighted by molar-refractivity contribution is -0.134. The highest BCUT2D eigenvalue weighted by atomic mass is 19.1. The second-order valence-electron chi connectivity index (χ2n) is 18.8. The van der Waals surface area contributed by atoms with Gasteiger partial charge in [-0.25, -0.2) is 13.8 Å². The molecule has 4 amide bonds. The first-order valence-electron chi connectivity index (χ1n) is 22.6. The Bertz CT molecular complexity index is 2340. The van der Waals surface area contributed by atoms with Crippen molar-refractivity contribution in [2.75, 3.05) is 73.5 Å². The highest BCUT2D eigenvalue weighted by Gasteiger charge is 2.50. The van der Waals surface area contributed by atoms with Crippen LogP contribution >= 0.6 is 0 Å². The van der Waals surface area contributed by atoms with Crippen LogP contribution in [0.1, 0.15) is 99.4 Å². The highest BCUT2D eigenvalue weighted by Crippen LogP contribution is 2.49. The van der Waals surface area contributed by atoms with Crippen molar-refractivity contribution in [3.8, 4) is 5.75 Å². The average Bonchev–Trinajstić information content (AvgIpc) is 3.78. The number of aromatic nitrogens is 2. The second-order valence-corrected chi connectivity index (χ2v) is 18.8. The minimum absolute atomic E-state index is 0.0460. The average molecular weight is 882 g/mol. The van der Waals surface area contributed by atoms with E-state index in [-0.39, 0.29) is 48.3 Å². The van der Waals surface area contributed by atoms with Crippen LogP contribution in [0.4, 0.5) is 37.6 Å². The molecule has 5 fully saturated rings. The van der Waals surface area contributed by atoms with Gasteiger partial charge in [-0.2, -0.15) is 4.98 Å². The fourth-order valence-electron chi connectivity index (χ4n) is 11.1. The van der Waals surface area contributed by atoms with E-state index in [0.29, 0.717) is 71.3 Å². The van der Waals surface area contributed by atoms with Crippen molar-refractivity contribution in [1.29, 1.82) is 0 Å². The van der Waals surface area contributed by atoms with Crippen molar-refractivity contribution in [1.82, 2.24) is 25.5 Å².